The van der Waals surface area contributed by atoms with E-state index in [1.807, 2.05) is 18.2 Å². The standard InChI is InChI=1S/C25H31N3O3/c1-25(2)14-7-10-20(18(25)11-14)27-15-8-9-16(27)13-17(12-15)28-21-6-4-3-5-19(21)26-22(23(28)29)24(30)31/h3-6,14-18,20H,7-13H2,1-2H3,(H,30,31)/t14-,15-,16+,17?,18?,20+/m0/s1. The molecule has 1 aromatic carbocycles. The fraction of sp³-hybridized carbons (Fsp3) is 0.640. The number of aromatic carboxylic acids is 1. The second-order valence-corrected chi connectivity index (χ2v) is 10.9. The highest BCUT2D eigenvalue weighted by molar-refractivity contribution is 5.88. The lowest BCUT2D eigenvalue weighted by atomic mass is 9.47. The van der Waals surface area contributed by atoms with Crippen LogP contribution in [0.25, 0.3) is 11.0 Å². The topological polar surface area (TPSA) is 75.4 Å². The van der Waals surface area contributed by atoms with E-state index in [1.165, 1.54) is 32.1 Å². The monoisotopic (exact) mass is 421 g/mol. The fourth-order valence-electron chi connectivity index (χ4n) is 7.72. The third kappa shape index (κ3) is 2.70. The summed E-state index contributed by atoms with van der Waals surface area (Å²) >= 11 is 0. The zero-order chi connectivity index (χ0) is 21.5. The Morgan fingerprint density at radius 2 is 1.74 bits per heavy atom. The summed E-state index contributed by atoms with van der Waals surface area (Å²) in [6.07, 6.45) is 8.29. The first-order valence-electron chi connectivity index (χ1n) is 11.9. The molecule has 3 saturated carbocycles. The third-order valence-electron chi connectivity index (χ3n) is 9.33. The van der Waals surface area contributed by atoms with Crippen molar-refractivity contribution in [1.29, 1.82) is 0 Å². The normalized spacial score (nSPS) is 36.3. The third-order valence-corrected chi connectivity index (χ3v) is 9.33. The smallest absolute Gasteiger partial charge is 0.360 e. The summed E-state index contributed by atoms with van der Waals surface area (Å²) in [5.41, 5.74) is 1.00. The van der Waals surface area contributed by atoms with Gasteiger partial charge in [-0.3, -0.25) is 9.69 Å². The number of aromatic nitrogens is 2. The van der Waals surface area contributed by atoms with Gasteiger partial charge >= 0.3 is 5.97 Å². The van der Waals surface area contributed by atoms with Crippen LogP contribution in [0.2, 0.25) is 0 Å². The number of hydrogen-bond acceptors (Lipinski definition) is 4. The molecule has 0 radical (unpaired) electrons. The molecule has 2 aliphatic heterocycles. The Morgan fingerprint density at radius 1 is 1.03 bits per heavy atom. The van der Waals surface area contributed by atoms with Gasteiger partial charge in [-0.25, -0.2) is 9.78 Å². The number of carboxylic acids is 1. The van der Waals surface area contributed by atoms with E-state index < -0.39 is 11.5 Å². The van der Waals surface area contributed by atoms with E-state index in [-0.39, 0.29) is 11.7 Å². The minimum atomic E-state index is -1.24. The largest absolute Gasteiger partial charge is 0.476 e. The predicted octanol–water partition coefficient (Wildman–Crippen LogP) is 4.09. The zero-order valence-corrected chi connectivity index (χ0v) is 18.3. The van der Waals surface area contributed by atoms with Gasteiger partial charge in [0.2, 0.25) is 5.69 Å². The molecule has 4 bridgehead atoms. The summed E-state index contributed by atoms with van der Waals surface area (Å²) in [4.78, 5) is 31.9. The lowest BCUT2D eigenvalue weighted by Crippen LogP contribution is -2.63. The van der Waals surface area contributed by atoms with E-state index in [1.54, 1.807) is 10.6 Å². The van der Waals surface area contributed by atoms with Gasteiger partial charge in [0.1, 0.15) is 0 Å². The summed E-state index contributed by atoms with van der Waals surface area (Å²) in [6.45, 7) is 4.92. The highest BCUT2D eigenvalue weighted by atomic mass is 16.4. The van der Waals surface area contributed by atoms with Gasteiger partial charge in [0.15, 0.2) is 0 Å². The van der Waals surface area contributed by atoms with Crippen molar-refractivity contribution in [3.8, 4) is 0 Å². The Hall–Kier alpha value is -2.21. The first-order chi connectivity index (χ1) is 14.9. The molecular weight excluding hydrogens is 390 g/mol. The number of hydrogen-bond donors (Lipinski definition) is 1. The van der Waals surface area contributed by atoms with Crippen LogP contribution in [0, 0.1) is 17.3 Å². The molecule has 3 heterocycles. The maximum Gasteiger partial charge on any atom is 0.360 e. The number of fused-ring (bicyclic) bond motifs is 6. The van der Waals surface area contributed by atoms with Crippen LogP contribution < -0.4 is 5.56 Å². The van der Waals surface area contributed by atoms with Crippen molar-refractivity contribution in [3.05, 3.63) is 40.3 Å². The van der Waals surface area contributed by atoms with Gasteiger partial charge in [0.05, 0.1) is 11.0 Å². The van der Waals surface area contributed by atoms with Gasteiger partial charge in [-0.1, -0.05) is 26.0 Å². The van der Waals surface area contributed by atoms with Crippen molar-refractivity contribution in [2.45, 2.75) is 83.0 Å². The number of para-hydroxylation sites is 2. The molecule has 5 aliphatic rings. The molecule has 3 aliphatic carbocycles. The van der Waals surface area contributed by atoms with Crippen molar-refractivity contribution in [3.63, 3.8) is 0 Å². The van der Waals surface area contributed by atoms with Crippen molar-refractivity contribution < 1.29 is 9.90 Å². The number of nitrogens with zero attached hydrogens (tertiary/aromatic N) is 3. The Morgan fingerprint density at radius 3 is 2.39 bits per heavy atom. The molecule has 0 spiro atoms. The van der Waals surface area contributed by atoms with Crippen molar-refractivity contribution in [2.24, 2.45) is 17.3 Å². The van der Waals surface area contributed by atoms with E-state index in [0.717, 1.165) is 30.2 Å². The van der Waals surface area contributed by atoms with Crippen molar-refractivity contribution >= 4 is 17.0 Å². The van der Waals surface area contributed by atoms with Gasteiger partial charge in [-0.15, -0.1) is 0 Å². The fourth-order valence-corrected chi connectivity index (χ4v) is 7.72. The summed E-state index contributed by atoms with van der Waals surface area (Å²) in [6, 6.07) is 9.17. The van der Waals surface area contributed by atoms with Gasteiger partial charge in [-0.2, -0.15) is 0 Å². The highest BCUT2D eigenvalue weighted by Gasteiger charge is 2.58. The Bertz CT molecular complexity index is 1110. The number of rotatable bonds is 3. The molecular formula is C25H31N3O3. The molecule has 7 rings (SSSR count). The highest BCUT2D eigenvalue weighted by Crippen LogP contribution is 2.61. The average Bonchev–Trinajstić information content (AvgIpc) is 3.02. The van der Waals surface area contributed by atoms with Crippen LogP contribution in [-0.4, -0.2) is 43.7 Å². The molecule has 2 unspecified atom stereocenters. The van der Waals surface area contributed by atoms with Gasteiger partial charge in [0, 0.05) is 24.2 Å². The predicted molar refractivity (Wildman–Crippen MR) is 118 cm³/mol. The minimum Gasteiger partial charge on any atom is -0.476 e. The van der Waals surface area contributed by atoms with Crippen molar-refractivity contribution in [1.82, 2.24) is 14.5 Å². The van der Waals surface area contributed by atoms with Crippen molar-refractivity contribution in [2.75, 3.05) is 0 Å². The van der Waals surface area contributed by atoms with Crippen LogP contribution >= 0.6 is 0 Å². The molecule has 1 aromatic heterocycles. The lowest BCUT2D eigenvalue weighted by molar-refractivity contribution is -0.136. The van der Waals surface area contributed by atoms with Crippen LogP contribution in [0.1, 0.15) is 75.3 Å². The minimum absolute atomic E-state index is 0.0398. The molecule has 31 heavy (non-hydrogen) atoms. The van der Waals surface area contributed by atoms with Crippen LogP contribution in [0.5, 0.6) is 0 Å². The molecule has 6 heteroatoms. The quantitative estimate of drug-likeness (QED) is 0.808. The van der Waals surface area contributed by atoms with Crippen LogP contribution in [0.4, 0.5) is 0 Å². The first kappa shape index (κ1) is 19.5. The summed E-state index contributed by atoms with van der Waals surface area (Å²) < 4.78 is 1.76. The zero-order valence-electron chi connectivity index (χ0n) is 18.3. The van der Waals surface area contributed by atoms with Crippen LogP contribution in [-0.2, 0) is 0 Å². The number of benzene rings is 1. The number of piperidine rings is 1. The van der Waals surface area contributed by atoms with E-state index >= 15 is 0 Å². The van der Waals surface area contributed by atoms with Gasteiger partial charge < -0.3 is 9.67 Å². The molecule has 6 atom stereocenters. The SMILES string of the molecule is CC1(C)C2C[C@@H]1CC[C@H]2N1[C@@H]2CC[C@H]1CC(n1c(=O)c(C(=O)O)nc3ccccc31)C2. The van der Waals surface area contributed by atoms with Crippen LogP contribution in [0.3, 0.4) is 0 Å². The van der Waals surface area contributed by atoms with E-state index in [9.17, 15) is 14.7 Å². The molecule has 164 valence electrons. The second-order valence-electron chi connectivity index (χ2n) is 10.9. The first-order valence-corrected chi connectivity index (χ1v) is 11.9. The lowest BCUT2D eigenvalue weighted by Gasteiger charge is -2.63. The second kappa shape index (κ2) is 6.64. The molecule has 5 fully saturated rings. The average molecular weight is 422 g/mol. The number of carbonyl (C=O) groups is 1. The summed E-state index contributed by atoms with van der Waals surface area (Å²) in [5.74, 6) is 0.461. The van der Waals surface area contributed by atoms with E-state index in [0.29, 0.717) is 29.1 Å². The Balaban J connectivity index is 1.36. The Labute approximate surface area is 182 Å². The van der Waals surface area contributed by atoms with E-state index in [4.69, 9.17) is 0 Å². The van der Waals surface area contributed by atoms with Gasteiger partial charge in [-0.05, 0) is 74.3 Å². The molecule has 2 saturated heterocycles. The van der Waals surface area contributed by atoms with Crippen LogP contribution in [0.15, 0.2) is 29.1 Å². The molecule has 2 aromatic rings. The summed E-state index contributed by atoms with van der Waals surface area (Å²) in [7, 11) is 0. The molecule has 6 nitrogen and oxygen atoms in total. The molecule has 0 amide bonds. The molecule has 1 N–H and O–H groups in total. The summed E-state index contributed by atoms with van der Waals surface area (Å²) in [5, 5.41) is 9.58. The maximum atomic E-state index is 13.2. The van der Waals surface area contributed by atoms with Gasteiger partial charge in [0.25, 0.3) is 5.56 Å². The number of carboxylic acid groups (broad SMARTS) is 1. The van der Waals surface area contributed by atoms with E-state index in [2.05, 4.69) is 23.7 Å². The Kier molecular flexibility index (Phi) is 4.17. The maximum absolute atomic E-state index is 13.2.